The molecule has 2 aromatic rings. The van der Waals surface area contributed by atoms with Crippen molar-refractivity contribution in [2.24, 2.45) is 0 Å². The molecule has 2 rings (SSSR count). The minimum Gasteiger partial charge on any atom is -0.481 e. The first kappa shape index (κ1) is 21.9. The smallest absolute Gasteiger partial charge is 0.265 e. The Hall–Kier alpha value is -2.38. The molecular formula is C21H28N2O4S. The molecule has 28 heavy (non-hydrogen) atoms. The van der Waals surface area contributed by atoms with Crippen LogP contribution < -0.4 is 10.1 Å². The Kier molecular flexibility index (Phi) is 6.52. The summed E-state index contributed by atoms with van der Waals surface area (Å²) >= 11 is 0. The van der Waals surface area contributed by atoms with Gasteiger partial charge in [-0.2, -0.15) is 0 Å². The number of nitrogens with zero attached hydrogens (tertiary/aromatic N) is 1. The molecule has 152 valence electrons. The minimum atomic E-state index is -3.50. The van der Waals surface area contributed by atoms with E-state index in [9.17, 15) is 13.2 Å². The highest BCUT2D eigenvalue weighted by Crippen LogP contribution is 2.25. The number of anilines is 1. The second-order valence-corrected chi connectivity index (χ2v) is 9.99. The lowest BCUT2D eigenvalue weighted by Gasteiger charge is -2.20. The van der Waals surface area contributed by atoms with Crippen molar-refractivity contribution in [2.75, 3.05) is 19.4 Å². The SMILES string of the molecule is CC(Oc1ccc(C(C)(C)C)cc1)C(=O)Nc1ccc(S(=O)(=O)N(C)C)cc1. The third-order valence-electron chi connectivity index (χ3n) is 4.30. The third kappa shape index (κ3) is 5.33. The molecule has 0 spiro atoms. The zero-order valence-corrected chi connectivity index (χ0v) is 18.0. The Balaban J connectivity index is 2.00. The lowest BCUT2D eigenvalue weighted by atomic mass is 9.87. The molecule has 0 fully saturated rings. The first-order chi connectivity index (χ1) is 12.9. The Morgan fingerprint density at radius 3 is 2.00 bits per heavy atom. The van der Waals surface area contributed by atoms with Gasteiger partial charge in [-0.05, 0) is 54.3 Å². The fourth-order valence-corrected chi connectivity index (χ4v) is 3.36. The highest BCUT2D eigenvalue weighted by Gasteiger charge is 2.19. The van der Waals surface area contributed by atoms with Crippen LogP contribution in [-0.4, -0.2) is 38.8 Å². The van der Waals surface area contributed by atoms with Crippen molar-refractivity contribution >= 4 is 21.6 Å². The van der Waals surface area contributed by atoms with Crippen LogP contribution in [0.15, 0.2) is 53.4 Å². The van der Waals surface area contributed by atoms with Crippen LogP contribution in [0.25, 0.3) is 0 Å². The van der Waals surface area contributed by atoms with E-state index in [1.54, 1.807) is 19.1 Å². The maximum Gasteiger partial charge on any atom is 0.265 e. The number of carbonyl (C=O) groups excluding carboxylic acids is 1. The molecule has 0 heterocycles. The summed E-state index contributed by atoms with van der Waals surface area (Å²) in [5.74, 6) is 0.297. The summed E-state index contributed by atoms with van der Waals surface area (Å²) in [6.07, 6.45) is -0.703. The fraction of sp³-hybridized carbons (Fsp3) is 0.381. The van der Waals surface area contributed by atoms with Gasteiger partial charge in [0.25, 0.3) is 5.91 Å². The molecule has 1 amide bonds. The maximum atomic E-state index is 12.4. The molecule has 0 radical (unpaired) electrons. The number of amides is 1. The van der Waals surface area contributed by atoms with E-state index in [0.717, 1.165) is 4.31 Å². The Labute approximate surface area is 167 Å². The molecule has 1 atom stereocenters. The van der Waals surface area contributed by atoms with Gasteiger partial charge in [0, 0.05) is 19.8 Å². The monoisotopic (exact) mass is 404 g/mol. The molecule has 1 N–H and O–H groups in total. The van der Waals surface area contributed by atoms with Gasteiger partial charge < -0.3 is 10.1 Å². The number of carbonyl (C=O) groups is 1. The number of sulfonamides is 1. The Morgan fingerprint density at radius 1 is 1.00 bits per heavy atom. The Morgan fingerprint density at radius 2 is 1.54 bits per heavy atom. The highest BCUT2D eigenvalue weighted by atomic mass is 32.2. The lowest BCUT2D eigenvalue weighted by Crippen LogP contribution is -2.30. The van der Waals surface area contributed by atoms with Crippen molar-refractivity contribution in [3.8, 4) is 5.75 Å². The molecule has 0 aliphatic rings. The van der Waals surface area contributed by atoms with E-state index >= 15 is 0 Å². The molecule has 1 unspecified atom stereocenters. The summed E-state index contributed by atoms with van der Waals surface area (Å²) in [4.78, 5) is 12.5. The summed E-state index contributed by atoms with van der Waals surface area (Å²) in [7, 11) is -0.557. The summed E-state index contributed by atoms with van der Waals surface area (Å²) < 4.78 is 31.0. The number of hydrogen-bond acceptors (Lipinski definition) is 4. The molecule has 0 aliphatic carbocycles. The van der Waals surface area contributed by atoms with Gasteiger partial charge >= 0.3 is 0 Å². The lowest BCUT2D eigenvalue weighted by molar-refractivity contribution is -0.122. The van der Waals surface area contributed by atoms with Gasteiger partial charge in [-0.15, -0.1) is 0 Å². The van der Waals surface area contributed by atoms with Crippen LogP contribution in [0.2, 0.25) is 0 Å². The zero-order valence-electron chi connectivity index (χ0n) is 17.2. The van der Waals surface area contributed by atoms with Crippen molar-refractivity contribution in [1.29, 1.82) is 0 Å². The van der Waals surface area contributed by atoms with Gasteiger partial charge in [0.2, 0.25) is 10.0 Å². The molecule has 2 aromatic carbocycles. The van der Waals surface area contributed by atoms with Crippen LogP contribution in [0.5, 0.6) is 5.75 Å². The van der Waals surface area contributed by atoms with Gasteiger partial charge in [-0.25, -0.2) is 12.7 Å². The maximum absolute atomic E-state index is 12.4. The number of rotatable bonds is 6. The minimum absolute atomic E-state index is 0.0494. The van der Waals surface area contributed by atoms with E-state index in [1.165, 1.54) is 31.8 Å². The van der Waals surface area contributed by atoms with Crippen LogP contribution in [0.1, 0.15) is 33.3 Å². The molecule has 6 nitrogen and oxygen atoms in total. The van der Waals surface area contributed by atoms with Crippen molar-refractivity contribution in [3.05, 3.63) is 54.1 Å². The summed E-state index contributed by atoms with van der Waals surface area (Å²) in [6, 6.07) is 13.7. The van der Waals surface area contributed by atoms with Crippen molar-refractivity contribution in [1.82, 2.24) is 4.31 Å². The first-order valence-electron chi connectivity index (χ1n) is 9.02. The van der Waals surface area contributed by atoms with Gasteiger partial charge in [0.05, 0.1) is 4.90 Å². The Bertz CT molecular complexity index is 912. The molecule has 0 saturated heterocycles. The molecular weight excluding hydrogens is 376 g/mol. The second-order valence-electron chi connectivity index (χ2n) is 7.84. The van der Waals surface area contributed by atoms with Crippen molar-refractivity contribution < 1.29 is 17.9 Å². The quantitative estimate of drug-likeness (QED) is 0.798. The molecule has 7 heteroatoms. The predicted molar refractivity (Wildman–Crippen MR) is 111 cm³/mol. The van der Waals surface area contributed by atoms with Gasteiger partial charge in [-0.3, -0.25) is 4.79 Å². The van der Waals surface area contributed by atoms with Crippen LogP contribution in [0, 0.1) is 0 Å². The van der Waals surface area contributed by atoms with E-state index in [-0.39, 0.29) is 16.2 Å². The number of benzene rings is 2. The summed E-state index contributed by atoms with van der Waals surface area (Å²) in [5.41, 5.74) is 1.74. The number of hydrogen-bond donors (Lipinski definition) is 1. The third-order valence-corrected chi connectivity index (χ3v) is 6.13. The van der Waals surface area contributed by atoms with Gasteiger partial charge in [-0.1, -0.05) is 32.9 Å². The van der Waals surface area contributed by atoms with E-state index < -0.39 is 16.1 Å². The largest absolute Gasteiger partial charge is 0.481 e. The fourth-order valence-electron chi connectivity index (χ4n) is 2.46. The van der Waals surface area contributed by atoms with E-state index in [0.29, 0.717) is 11.4 Å². The van der Waals surface area contributed by atoms with E-state index in [1.807, 2.05) is 24.3 Å². The van der Waals surface area contributed by atoms with Gasteiger partial charge in [0.15, 0.2) is 6.10 Å². The summed E-state index contributed by atoms with van der Waals surface area (Å²) in [5, 5.41) is 2.73. The summed E-state index contributed by atoms with van der Waals surface area (Å²) in [6.45, 7) is 8.06. The zero-order chi connectivity index (χ0) is 21.1. The number of nitrogens with one attached hydrogen (secondary N) is 1. The molecule has 0 bridgehead atoms. The van der Waals surface area contributed by atoms with Crippen LogP contribution in [-0.2, 0) is 20.2 Å². The van der Waals surface area contributed by atoms with Crippen molar-refractivity contribution in [3.63, 3.8) is 0 Å². The highest BCUT2D eigenvalue weighted by molar-refractivity contribution is 7.89. The molecule has 0 aromatic heterocycles. The van der Waals surface area contributed by atoms with Crippen LogP contribution in [0.3, 0.4) is 0 Å². The van der Waals surface area contributed by atoms with Crippen LogP contribution in [0.4, 0.5) is 5.69 Å². The van der Waals surface area contributed by atoms with Gasteiger partial charge in [0.1, 0.15) is 5.75 Å². The van der Waals surface area contributed by atoms with E-state index in [2.05, 4.69) is 26.1 Å². The number of ether oxygens (including phenoxy) is 1. The predicted octanol–water partition coefficient (Wildman–Crippen LogP) is 3.64. The average Bonchev–Trinajstić information content (AvgIpc) is 2.61. The average molecular weight is 405 g/mol. The topological polar surface area (TPSA) is 75.7 Å². The normalized spacial score (nSPS) is 13.2. The molecule has 0 aliphatic heterocycles. The van der Waals surface area contributed by atoms with E-state index in [4.69, 9.17) is 4.74 Å². The standard InChI is InChI=1S/C21H28N2O4S/c1-15(27-18-11-7-16(8-12-18)21(2,3)4)20(24)22-17-9-13-19(14-10-17)28(25,26)23(5)6/h7-15H,1-6H3,(H,22,24). The second kappa shape index (κ2) is 8.32. The molecule has 0 saturated carbocycles. The van der Waals surface area contributed by atoms with Crippen LogP contribution >= 0.6 is 0 Å². The van der Waals surface area contributed by atoms with Crippen molar-refractivity contribution in [2.45, 2.75) is 44.1 Å². The first-order valence-corrected chi connectivity index (χ1v) is 10.5.